The maximum atomic E-state index is 13.3. The molecule has 0 aliphatic carbocycles. The Labute approximate surface area is 334 Å². The Morgan fingerprint density at radius 1 is 0.534 bits per heavy atom. The summed E-state index contributed by atoms with van der Waals surface area (Å²) in [5.74, 6) is 5.30. The lowest BCUT2D eigenvalue weighted by atomic mass is 10.0. The van der Waals surface area contributed by atoms with Crippen LogP contribution in [0.2, 0.25) is 0 Å². The van der Waals surface area contributed by atoms with Gasteiger partial charge >= 0.3 is 30.2 Å². The SMILES string of the molecule is C=CC(=O)OCCCCOC(=O)Oc1ccc(OOCc2ccc(C(=O)Oc3ccc(OC(=O)OCCCCOC(=O)C=C)cc3)c(C#Cc3ccccc3)c2)cc1. The van der Waals surface area contributed by atoms with E-state index in [4.69, 9.17) is 42.9 Å². The van der Waals surface area contributed by atoms with E-state index < -0.39 is 30.2 Å². The Kier molecular flexibility index (Phi) is 18.1. The Bertz CT molecular complexity index is 2060. The fourth-order valence-corrected chi connectivity index (χ4v) is 4.52. The van der Waals surface area contributed by atoms with Crippen molar-refractivity contribution in [3.8, 4) is 34.8 Å². The minimum Gasteiger partial charge on any atom is -0.463 e. The summed E-state index contributed by atoms with van der Waals surface area (Å²) >= 11 is 0. The summed E-state index contributed by atoms with van der Waals surface area (Å²) in [5.41, 5.74) is 1.94. The van der Waals surface area contributed by atoms with Crippen molar-refractivity contribution in [3.05, 3.63) is 145 Å². The summed E-state index contributed by atoms with van der Waals surface area (Å²) in [4.78, 5) is 70.3. The minimum absolute atomic E-state index is 0.0121. The van der Waals surface area contributed by atoms with E-state index in [1.54, 1.807) is 18.2 Å². The molecule has 0 radical (unpaired) electrons. The Morgan fingerprint density at radius 2 is 1.02 bits per heavy atom. The zero-order chi connectivity index (χ0) is 41.4. The molecule has 0 heterocycles. The fourth-order valence-electron chi connectivity index (χ4n) is 4.52. The first-order valence-corrected chi connectivity index (χ1v) is 17.9. The van der Waals surface area contributed by atoms with Crippen LogP contribution in [0.5, 0.6) is 23.0 Å². The highest BCUT2D eigenvalue weighted by atomic mass is 17.2. The molecule has 58 heavy (non-hydrogen) atoms. The molecular formula is C44H40O14. The van der Waals surface area contributed by atoms with Crippen LogP contribution in [-0.4, -0.2) is 56.6 Å². The number of hydrogen-bond acceptors (Lipinski definition) is 14. The van der Waals surface area contributed by atoms with Crippen LogP contribution in [0.4, 0.5) is 9.59 Å². The summed E-state index contributed by atoms with van der Waals surface area (Å²) in [6.45, 7) is 7.15. The molecule has 0 fully saturated rings. The van der Waals surface area contributed by atoms with Crippen LogP contribution in [0.1, 0.15) is 52.7 Å². The molecular weight excluding hydrogens is 752 g/mol. The lowest BCUT2D eigenvalue weighted by Gasteiger charge is -2.10. The average Bonchev–Trinajstić information content (AvgIpc) is 3.24. The number of rotatable bonds is 20. The van der Waals surface area contributed by atoms with E-state index in [1.165, 1.54) is 48.5 Å². The highest BCUT2D eigenvalue weighted by Crippen LogP contribution is 2.22. The van der Waals surface area contributed by atoms with Crippen molar-refractivity contribution in [2.75, 3.05) is 26.4 Å². The van der Waals surface area contributed by atoms with Gasteiger partial charge in [-0.3, -0.25) is 0 Å². The normalized spacial score (nSPS) is 10.1. The largest absolute Gasteiger partial charge is 0.513 e. The van der Waals surface area contributed by atoms with E-state index in [0.29, 0.717) is 42.6 Å². The number of carbonyl (C=O) groups is 5. The molecule has 0 aliphatic heterocycles. The molecule has 0 N–H and O–H groups in total. The molecule has 4 rings (SSSR count). The van der Waals surface area contributed by atoms with Gasteiger partial charge in [0.05, 0.1) is 32.0 Å². The number of esters is 3. The van der Waals surface area contributed by atoms with Crippen LogP contribution in [0.15, 0.2) is 122 Å². The standard InChI is InChI=1S/C44H40O14/c1-3-40(45)50-26-8-10-28-52-43(48)56-36-19-17-35(18-20-36)55-42(47)39-25-15-33(30-34(39)16-14-32-12-6-5-7-13-32)31-54-58-38-23-21-37(22-24-38)57-44(49)53-29-11-9-27-51-41(46)4-2/h3-7,12-13,15,17-25,30H,1-2,8-11,26-29,31H2. The first-order chi connectivity index (χ1) is 28.2. The third-order valence-electron chi connectivity index (χ3n) is 7.40. The van der Waals surface area contributed by atoms with E-state index in [1.807, 2.05) is 30.3 Å². The molecule has 0 unspecified atom stereocenters. The molecule has 0 atom stereocenters. The first-order valence-electron chi connectivity index (χ1n) is 17.9. The van der Waals surface area contributed by atoms with E-state index in [2.05, 4.69) is 25.0 Å². The van der Waals surface area contributed by atoms with Crippen molar-refractivity contribution < 1.29 is 66.9 Å². The van der Waals surface area contributed by atoms with Gasteiger partial charge in [-0.1, -0.05) is 49.3 Å². The van der Waals surface area contributed by atoms with E-state index in [0.717, 1.165) is 17.7 Å². The van der Waals surface area contributed by atoms with Gasteiger partial charge in [-0.05, 0) is 104 Å². The maximum absolute atomic E-state index is 13.3. The Morgan fingerprint density at radius 3 is 1.53 bits per heavy atom. The fraction of sp³-hybridized carbons (Fsp3) is 0.205. The quantitative estimate of drug-likeness (QED) is 0.00976. The number of unbranched alkanes of at least 4 members (excludes halogenated alkanes) is 2. The maximum Gasteiger partial charge on any atom is 0.513 e. The summed E-state index contributed by atoms with van der Waals surface area (Å²) in [5, 5.41) is 0. The summed E-state index contributed by atoms with van der Waals surface area (Å²) in [6, 6.07) is 26.0. The van der Waals surface area contributed by atoms with Gasteiger partial charge in [-0.15, -0.1) is 0 Å². The zero-order valence-electron chi connectivity index (χ0n) is 31.4. The summed E-state index contributed by atoms with van der Waals surface area (Å²) in [7, 11) is 0. The van der Waals surface area contributed by atoms with Gasteiger partial charge < -0.3 is 38.0 Å². The van der Waals surface area contributed by atoms with Gasteiger partial charge in [-0.25, -0.2) is 24.0 Å². The zero-order valence-corrected chi connectivity index (χ0v) is 31.4. The lowest BCUT2D eigenvalue weighted by molar-refractivity contribution is -0.217. The van der Waals surface area contributed by atoms with Gasteiger partial charge in [0, 0.05) is 23.3 Å². The topological polar surface area (TPSA) is 168 Å². The van der Waals surface area contributed by atoms with Crippen molar-refractivity contribution in [1.29, 1.82) is 0 Å². The molecule has 4 aromatic rings. The molecule has 0 saturated heterocycles. The number of hydrogen-bond donors (Lipinski definition) is 0. The third-order valence-corrected chi connectivity index (χ3v) is 7.40. The van der Waals surface area contributed by atoms with Crippen LogP contribution >= 0.6 is 0 Å². The highest BCUT2D eigenvalue weighted by molar-refractivity contribution is 5.94. The molecule has 14 heteroatoms. The second kappa shape index (κ2) is 24.2. The van der Waals surface area contributed by atoms with Gasteiger partial charge in [-0.2, -0.15) is 4.89 Å². The molecule has 0 aromatic heterocycles. The predicted molar refractivity (Wildman–Crippen MR) is 207 cm³/mol. The van der Waals surface area contributed by atoms with Gasteiger partial charge in [0.2, 0.25) is 0 Å². The van der Waals surface area contributed by atoms with E-state index >= 15 is 0 Å². The van der Waals surface area contributed by atoms with Crippen molar-refractivity contribution in [1.82, 2.24) is 0 Å². The predicted octanol–water partition coefficient (Wildman–Crippen LogP) is 7.87. The average molecular weight is 793 g/mol. The molecule has 4 aromatic carbocycles. The summed E-state index contributed by atoms with van der Waals surface area (Å²) < 4.78 is 35.7. The highest BCUT2D eigenvalue weighted by Gasteiger charge is 2.15. The van der Waals surface area contributed by atoms with Crippen LogP contribution in [0.3, 0.4) is 0 Å². The second-order valence-electron chi connectivity index (χ2n) is 11.7. The van der Waals surface area contributed by atoms with Gasteiger partial charge in [0.1, 0.15) is 23.9 Å². The second-order valence-corrected chi connectivity index (χ2v) is 11.7. The van der Waals surface area contributed by atoms with Crippen LogP contribution in [0, 0.1) is 11.8 Å². The van der Waals surface area contributed by atoms with Gasteiger partial charge in [0.15, 0.2) is 5.75 Å². The summed E-state index contributed by atoms with van der Waals surface area (Å²) in [6.07, 6.45) is 2.29. The number of benzene rings is 4. The van der Waals surface area contributed by atoms with E-state index in [9.17, 15) is 24.0 Å². The van der Waals surface area contributed by atoms with Gasteiger partial charge in [0.25, 0.3) is 0 Å². The van der Waals surface area contributed by atoms with E-state index in [-0.39, 0.29) is 55.8 Å². The first kappa shape index (κ1) is 43.4. The molecule has 0 amide bonds. The van der Waals surface area contributed by atoms with Crippen LogP contribution < -0.4 is 19.1 Å². The van der Waals surface area contributed by atoms with Crippen molar-refractivity contribution >= 4 is 30.2 Å². The monoisotopic (exact) mass is 792 g/mol. The minimum atomic E-state index is -0.914. The smallest absolute Gasteiger partial charge is 0.463 e. The molecule has 14 nitrogen and oxygen atoms in total. The Balaban J connectivity index is 1.27. The van der Waals surface area contributed by atoms with Crippen LogP contribution in [0.25, 0.3) is 0 Å². The van der Waals surface area contributed by atoms with Crippen molar-refractivity contribution in [2.24, 2.45) is 0 Å². The number of carbonyl (C=O) groups excluding carboxylic acids is 5. The number of ether oxygens (including phenoxy) is 7. The molecule has 0 spiro atoms. The molecule has 0 saturated carbocycles. The molecule has 0 aliphatic rings. The molecule has 0 bridgehead atoms. The third kappa shape index (κ3) is 16.2. The lowest BCUT2D eigenvalue weighted by Crippen LogP contribution is -2.13. The molecule has 300 valence electrons. The van der Waals surface area contributed by atoms with Crippen LogP contribution in [-0.2, 0) is 40.0 Å². The Hall–Kier alpha value is -7.37. The van der Waals surface area contributed by atoms with Crippen molar-refractivity contribution in [2.45, 2.75) is 32.3 Å². The van der Waals surface area contributed by atoms with Crippen molar-refractivity contribution in [3.63, 3.8) is 0 Å².